The van der Waals surface area contributed by atoms with Gasteiger partial charge in [-0.3, -0.25) is 0 Å². The molecule has 1 saturated heterocycles. The quantitative estimate of drug-likeness (QED) is 0.801. The molecule has 4 nitrogen and oxygen atoms in total. The fourth-order valence-electron chi connectivity index (χ4n) is 2.45. The van der Waals surface area contributed by atoms with Crippen LogP contribution in [-0.4, -0.2) is 30.9 Å². The van der Waals surface area contributed by atoms with Crippen LogP contribution in [-0.2, 0) is 0 Å². The second-order valence-electron chi connectivity index (χ2n) is 4.93. The Balaban J connectivity index is 2.13. The van der Waals surface area contributed by atoms with Gasteiger partial charge in [-0.15, -0.1) is 0 Å². The Kier molecular flexibility index (Phi) is 3.97. The number of nitrogen functional groups attached to an aromatic ring is 1. The number of benzene rings is 1. The molecule has 0 saturated carbocycles. The van der Waals surface area contributed by atoms with Crippen LogP contribution in [0.2, 0.25) is 0 Å². The molecule has 0 radical (unpaired) electrons. The van der Waals surface area contributed by atoms with Crippen molar-refractivity contribution in [2.75, 3.05) is 30.3 Å². The van der Waals surface area contributed by atoms with Gasteiger partial charge >= 0.3 is 0 Å². The Morgan fingerprint density at radius 3 is 2.89 bits per heavy atom. The normalized spacial score (nSPS) is 21.1. The smallest absolute Gasteiger partial charge is 0.123 e. The van der Waals surface area contributed by atoms with Gasteiger partial charge in [0.25, 0.3) is 0 Å². The lowest BCUT2D eigenvalue weighted by molar-refractivity contribution is 0.136. The minimum Gasteiger partial charge on any atom is -0.494 e. The van der Waals surface area contributed by atoms with E-state index in [1.54, 1.807) is 0 Å². The van der Waals surface area contributed by atoms with Crippen LogP contribution in [0.15, 0.2) is 18.2 Å². The molecule has 18 heavy (non-hydrogen) atoms. The average Bonchev–Trinajstić information content (AvgIpc) is 2.78. The van der Waals surface area contributed by atoms with Gasteiger partial charge < -0.3 is 20.5 Å². The summed E-state index contributed by atoms with van der Waals surface area (Å²) < 4.78 is 5.51. The van der Waals surface area contributed by atoms with Gasteiger partial charge in [0.1, 0.15) is 5.75 Å². The van der Waals surface area contributed by atoms with Crippen LogP contribution >= 0.6 is 0 Å². The zero-order chi connectivity index (χ0) is 13.1. The van der Waals surface area contributed by atoms with E-state index in [1.807, 2.05) is 32.0 Å². The van der Waals surface area contributed by atoms with Crippen molar-refractivity contribution in [2.45, 2.75) is 26.4 Å². The first kappa shape index (κ1) is 13.0. The largest absolute Gasteiger partial charge is 0.494 e. The third kappa shape index (κ3) is 2.88. The van der Waals surface area contributed by atoms with E-state index in [0.717, 1.165) is 36.6 Å². The molecule has 1 heterocycles. The molecule has 100 valence electrons. The zero-order valence-electron chi connectivity index (χ0n) is 11.1. The van der Waals surface area contributed by atoms with E-state index in [1.165, 1.54) is 0 Å². The van der Waals surface area contributed by atoms with Gasteiger partial charge in [-0.05, 0) is 26.3 Å². The minimum absolute atomic E-state index is 0.248. The molecule has 0 spiro atoms. The molecule has 2 rings (SSSR count). The summed E-state index contributed by atoms with van der Waals surface area (Å²) in [6.07, 6.45) is 0.776. The molecule has 0 aliphatic carbocycles. The Labute approximate surface area is 108 Å². The van der Waals surface area contributed by atoms with Crippen molar-refractivity contribution in [3.8, 4) is 5.75 Å². The van der Waals surface area contributed by atoms with Crippen molar-refractivity contribution >= 4 is 11.4 Å². The summed E-state index contributed by atoms with van der Waals surface area (Å²) in [4.78, 5) is 2.26. The SMILES string of the molecule is CCOc1cc(N)cc(N2CCC(C(C)O)C2)c1. The van der Waals surface area contributed by atoms with Gasteiger partial charge in [0.05, 0.1) is 12.7 Å². The molecule has 2 atom stereocenters. The number of aliphatic hydroxyl groups is 1. The fraction of sp³-hybridized carbons (Fsp3) is 0.571. The number of nitrogens with zero attached hydrogens (tertiary/aromatic N) is 1. The number of nitrogens with two attached hydrogens (primary N) is 1. The summed E-state index contributed by atoms with van der Waals surface area (Å²) >= 11 is 0. The number of hydrogen-bond acceptors (Lipinski definition) is 4. The lowest BCUT2D eigenvalue weighted by atomic mass is 10.0. The van der Waals surface area contributed by atoms with Crippen LogP contribution in [0, 0.1) is 5.92 Å². The maximum atomic E-state index is 9.63. The van der Waals surface area contributed by atoms with E-state index >= 15 is 0 Å². The van der Waals surface area contributed by atoms with Crippen LogP contribution in [0.5, 0.6) is 5.75 Å². The predicted molar refractivity (Wildman–Crippen MR) is 74.0 cm³/mol. The number of aliphatic hydroxyl groups excluding tert-OH is 1. The van der Waals surface area contributed by atoms with E-state index in [4.69, 9.17) is 10.5 Å². The van der Waals surface area contributed by atoms with Crippen molar-refractivity contribution in [1.82, 2.24) is 0 Å². The van der Waals surface area contributed by atoms with E-state index < -0.39 is 0 Å². The topological polar surface area (TPSA) is 58.7 Å². The molecule has 1 aromatic carbocycles. The molecular weight excluding hydrogens is 228 g/mol. The van der Waals surface area contributed by atoms with Gasteiger partial charge in [0.15, 0.2) is 0 Å². The van der Waals surface area contributed by atoms with E-state index in [-0.39, 0.29) is 6.10 Å². The summed E-state index contributed by atoms with van der Waals surface area (Å²) in [5.74, 6) is 1.16. The molecule has 1 aromatic rings. The second-order valence-corrected chi connectivity index (χ2v) is 4.93. The monoisotopic (exact) mass is 250 g/mol. The summed E-state index contributed by atoms with van der Waals surface area (Å²) in [6, 6.07) is 5.83. The van der Waals surface area contributed by atoms with Crippen LogP contribution in [0.1, 0.15) is 20.3 Å². The fourth-order valence-corrected chi connectivity index (χ4v) is 2.45. The maximum absolute atomic E-state index is 9.63. The summed E-state index contributed by atoms with van der Waals surface area (Å²) in [6.45, 7) is 6.30. The number of ether oxygens (including phenoxy) is 1. The van der Waals surface area contributed by atoms with Crippen molar-refractivity contribution in [1.29, 1.82) is 0 Å². The molecular formula is C14H22N2O2. The Bertz CT molecular complexity index is 407. The van der Waals surface area contributed by atoms with Gasteiger partial charge in [0, 0.05) is 42.5 Å². The highest BCUT2D eigenvalue weighted by molar-refractivity contribution is 5.61. The number of anilines is 2. The maximum Gasteiger partial charge on any atom is 0.123 e. The second kappa shape index (κ2) is 5.48. The van der Waals surface area contributed by atoms with Gasteiger partial charge in [-0.1, -0.05) is 0 Å². The standard InChI is InChI=1S/C14H22N2O2/c1-3-18-14-7-12(15)6-13(8-14)16-5-4-11(9-16)10(2)17/h6-8,10-11,17H,3-5,9,15H2,1-2H3. The third-order valence-electron chi connectivity index (χ3n) is 3.50. The van der Waals surface area contributed by atoms with Crippen molar-refractivity contribution in [3.63, 3.8) is 0 Å². The lowest BCUT2D eigenvalue weighted by Gasteiger charge is -2.21. The number of rotatable bonds is 4. The third-order valence-corrected chi connectivity index (χ3v) is 3.50. The van der Waals surface area contributed by atoms with Crippen LogP contribution < -0.4 is 15.4 Å². The van der Waals surface area contributed by atoms with Gasteiger partial charge in [-0.25, -0.2) is 0 Å². The first-order chi connectivity index (χ1) is 8.60. The summed E-state index contributed by atoms with van der Waals surface area (Å²) in [7, 11) is 0. The highest BCUT2D eigenvalue weighted by Crippen LogP contribution is 2.30. The molecule has 0 bridgehead atoms. The highest BCUT2D eigenvalue weighted by atomic mass is 16.5. The first-order valence-electron chi connectivity index (χ1n) is 6.56. The Morgan fingerprint density at radius 1 is 1.50 bits per heavy atom. The van der Waals surface area contributed by atoms with Crippen LogP contribution in [0.25, 0.3) is 0 Å². The molecule has 1 aliphatic heterocycles. The molecule has 0 amide bonds. The lowest BCUT2D eigenvalue weighted by Crippen LogP contribution is -2.23. The minimum atomic E-state index is -0.248. The Hall–Kier alpha value is -1.42. The molecule has 1 fully saturated rings. The van der Waals surface area contributed by atoms with Gasteiger partial charge in [0.2, 0.25) is 0 Å². The van der Waals surface area contributed by atoms with Crippen molar-refractivity contribution in [2.24, 2.45) is 5.92 Å². The van der Waals surface area contributed by atoms with Gasteiger partial charge in [-0.2, -0.15) is 0 Å². The van der Waals surface area contributed by atoms with Crippen molar-refractivity contribution < 1.29 is 9.84 Å². The molecule has 4 heteroatoms. The first-order valence-corrected chi connectivity index (χ1v) is 6.56. The highest BCUT2D eigenvalue weighted by Gasteiger charge is 2.26. The molecule has 2 unspecified atom stereocenters. The summed E-state index contributed by atoms with van der Waals surface area (Å²) in [5, 5.41) is 9.63. The molecule has 3 N–H and O–H groups in total. The zero-order valence-corrected chi connectivity index (χ0v) is 11.1. The van der Waals surface area contributed by atoms with E-state index in [2.05, 4.69) is 4.90 Å². The predicted octanol–water partition coefficient (Wildman–Crippen LogP) is 1.87. The molecule has 0 aromatic heterocycles. The van der Waals surface area contributed by atoms with E-state index in [0.29, 0.717) is 12.5 Å². The average molecular weight is 250 g/mol. The van der Waals surface area contributed by atoms with Crippen LogP contribution in [0.4, 0.5) is 11.4 Å². The van der Waals surface area contributed by atoms with Crippen molar-refractivity contribution in [3.05, 3.63) is 18.2 Å². The van der Waals surface area contributed by atoms with Crippen LogP contribution in [0.3, 0.4) is 0 Å². The number of hydrogen-bond donors (Lipinski definition) is 2. The van der Waals surface area contributed by atoms with E-state index in [9.17, 15) is 5.11 Å². The summed E-state index contributed by atoms with van der Waals surface area (Å²) in [5.41, 5.74) is 7.70. The Morgan fingerprint density at radius 2 is 2.28 bits per heavy atom. The molecule has 1 aliphatic rings.